The van der Waals surface area contributed by atoms with Gasteiger partial charge in [-0.05, 0) is 38.5 Å². The van der Waals surface area contributed by atoms with Gasteiger partial charge >= 0.3 is 0 Å². The summed E-state index contributed by atoms with van der Waals surface area (Å²) in [6.45, 7) is 3.68. The zero-order chi connectivity index (χ0) is 13.2. The lowest BCUT2D eigenvalue weighted by molar-refractivity contribution is 0.241. The first kappa shape index (κ1) is 12.9. The summed E-state index contributed by atoms with van der Waals surface area (Å²) in [5.74, 6) is 1.78. The molecule has 4 heteroatoms. The molecule has 1 aliphatic heterocycles. The molecular formula is C15H24N4. The van der Waals surface area contributed by atoms with Gasteiger partial charge in [0.05, 0.1) is 0 Å². The molecule has 0 aromatic carbocycles. The normalized spacial score (nSPS) is 27.2. The van der Waals surface area contributed by atoms with Crippen LogP contribution in [0.3, 0.4) is 0 Å². The average molecular weight is 260 g/mol. The van der Waals surface area contributed by atoms with E-state index >= 15 is 0 Å². The summed E-state index contributed by atoms with van der Waals surface area (Å²) in [6.07, 6.45) is 10.0. The number of anilines is 1. The molecule has 1 saturated carbocycles. The first-order chi connectivity index (χ1) is 9.29. The van der Waals surface area contributed by atoms with E-state index in [0.29, 0.717) is 12.6 Å². The van der Waals surface area contributed by atoms with Crippen molar-refractivity contribution in [1.82, 2.24) is 9.97 Å². The number of aromatic nitrogens is 2. The highest BCUT2D eigenvalue weighted by atomic mass is 15.3. The third kappa shape index (κ3) is 2.46. The van der Waals surface area contributed by atoms with Gasteiger partial charge in [0, 0.05) is 36.6 Å². The Morgan fingerprint density at radius 2 is 2.05 bits per heavy atom. The molecule has 0 unspecified atom stereocenters. The molecule has 1 aliphatic carbocycles. The maximum Gasteiger partial charge on any atom is 0.225 e. The molecule has 0 bridgehead atoms. The van der Waals surface area contributed by atoms with Crippen LogP contribution in [0.1, 0.15) is 49.8 Å². The van der Waals surface area contributed by atoms with Gasteiger partial charge in [-0.1, -0.05) is 12.8 Å². The van der Waals surface area contributed by atoms with Crippen molar-refractivity contribution in [2.24, 2.45) is 11.7 Å². The SMILES string of the molecule is Cc1nc(N2CCC[C@H]3CCCC[C@H]32)ncc1CN. The Labute approximate surface area is 115 Å². The van der Waals surface area contributed by atoms with Crippen LogP contribution in [0.15, 0.2) is 6.20 Å². The van der Waals surface area contributed by atoms with E-state index in [0.717, 1.165) is 29.7 Å². The number of piperidine rings is 1. The lowest BCUT2D eigenvalue weighted by atomic mass is 9.78. The number of nitrogens with two attached hydrogens (primary N) is 1. The number of aryl methyl sites for hydroxylation is 1. The van der Waals surface area contributed by atoms with Crippen molar-refractivity contribution >= 4 is 5.95 Å². The van der Waals surface area contributed by atoms with Gasteiger partial charge in [-0.2, -0.15) is 0 Å². The lowest BCUT2D eigenvalue weighted by Gasteiger charge is -2.44. The number of hydrogen-bond acceptors (Lipinski definition) is 4. The van der Waals surface area contributed by atoms with Crippen molar-refractivity contribution in [3.63, 3.8) is 0 Å². The van der Waals surface area contributed by atoms with E-state index in [-0.39, 0.29) is 0 Å². The third-order valence-electron chi connectivity index (χ3n) is 4.79. The second-order valence-electron chi connectivity index (χ2n) is 5.93. The van der Waals surface area contributed by atoms with Crippen molar-refractivity contribution in [3.05, 3.63) is 17.5 Å². The van der Waals surface area contributed by atoms with Gasteiger partial charge in [0.15, 0.2) is 0 Å². The van der Waals surface area contributed by atoms with Crippen LogP contribution < -0.4 is 10.6 Å². The minimum Gasteiger partial charge on any atom is -0.338 e. The van der Waals surface area contributed by atoms with Crippen LogP contribution in [-0.4, -0.2) is 22.6 Å². The highest BCUT2D eigenvalue weighted by Gasteiger charge is 2.34. The van der Waals surface area contributed by atoms with Crippen LogP contribution in [-0.2, 0) is 6.54 Å². The van der Waals surface area contributed by atoms with Gasteiger partial charge in [-0.3, -0.25) is 0 Å². The van der Waals surface area contributed by atoms with Crippen molar-refractivity contribution in [2.75, 3.05) is 11.4 Å². The Morgan fingerprint density at radius 1 is 1.26 bits per heavy atom. The standard InChI is InChI=1S/C15H24N4/c1-11-13(9-16)10-17-15(18-11)19-8-4-6-12-5-2-3-7-14(12)19/h10,12,14H,2-9,16H2,1H3/t12-,14-/m1/s1. The minimum absolute atomic E-state index is 0.526. The van der Waals surface area contributed by atoms with E-state index in [4.69, 9.17) is 10.7 Å². The number of fused-ring (bicyclic) bond motifs is 1. The Bertz CT molecular complexity index is 444. The second kappa shape index (κ2) is 5.45. The summed E-state index contributed by atoms with van der Waals surface area (Å²) in [7, 11) is 0. The molecule has 1 saturated heterocycles. The fourth-order valence-corrected chi connectivity index (χ4v) is 3.69. The molecule has 2 heterocycles. The van der Waals surface area contributed by atoms with Crippen molar-refractivity contribution in [1.29, 1.82) is 0 Å². The van der Waals surface area contributed by atoms with Crippen LogP contribution >= 0.6 is 0 Å². The van der Waals surface area contributed by atoms with Crippen molar-refractivity contribution < 1.29 is 0 Å². The van der Waals surface area contributed by atoms with E-state index < -0.39 is 0 Å². The van der Waals surface area contributed by atoms with Gasteiger partial charge in [0.1, 0.15) is 0 Å². The molecule has 0 radical (unpaired) electrons. The number of rotatable bonds is 2. The Morgan fingerprint density at radius 3 is 2.84 bits per heavy atom. The smallest absolute Gasteiger partial charge is 0.225 e. The van der Waals surface area contributed by atoms with Crippen LogP contribution in [0, 0.1) is 12.8 Å². The maximum atomic E-state index is 5.69. The van der Waals surface area contributed by atoms with Crippen LogP contribution in [0.25, 0.3) is 0 Å². The van der Waals surface area contributed by atoms with Crippen LogP contribution in [0.2, 0.25) is 0 Å². The van der Waals surface area contributed by atoms with Crippen LogP contribution in [0.5, 0.6) is 0 Å². The summed E-state index contributed by atoms with van der Waals surface area (Å²) in [5, 5.41) is 0. The summed E-state index contributed by atoms with van der Waals surface area (Å²) in [5.41, 5.74) is 7.78. The van der Waals surface area contributed by atoms with E-state index in [1.165, 1.54) is 38.5 Å². The largest absolute Gasteiger partial charge is 0.338 e. The average Bonchev–Trinajstić information content (AvgIpc) is 2.46. The summed E-state index contributed by atoms with van der Waals surface area (Å²) in [6, 6.07) is 0.672. The predicted molar refractivity (Wildman–Crippen MR) is 77.0 cm³/mol. The van der Waals surface area contributed by atoms with E-state index in [9.17, 15) is 0 Å². The molecule has 104 valence electrons. The summed E-state index contributed by atoms with van der Waals surface area (Å²) < 4.78 is 0. The van der Waals surface area contributed by atoms with Gasteiger partial charge in [-0.25, -0.2) is 9.97 Å². The molecular weight excluding hydrogens is 236 g/mol. The zero-order valence-electron chi connectivity index (χ0n) is 11.8. The molecule has 4 nitrogen and oxygen atoms in total. The number of hydrogen-bond donors (Lipinski definition) is 1. The van der Waals surface area contributed by atoms with Gasteiger partial charge in [-0.15, -0.1) is 0 Å². The van der Waals surface area contributed by atoms with Gasteiger partial charge in [0.25, 0.3) is 0 Å². The van der Waals surface area contributed by atoms with E-state index in [2.05, 4.69) is 9.88 Å². The van der Waals surface area contributed by atoms with E-state index in [1.807, 2.05) is 13.1 Å². The van der Waals surface area contributed by atoms with Gasteiger partial charge in [0.2, 0.25) is 5.95 Å². The highest BCUT2D eigenvalue weighted by molar-refractivity contribution is 5.35. The molecule has 1 aromatic rings. The molecule has 2 fully saturated rings. The summed E-state index contributed by atoms with van der Waals surface area (Å²) >= 11 is 0. The highest BCUT2D eigenvalue weighted by Crippen LogP contribution is 2.36. The first-order valence-corrected chi connectivity index (χ1v) is 7.59. The Hall–Kier alpha value is -1.16. The Balaban J connectivity index is 1.85. The summed E-state index contributed by atoms with van der Waals surface area (Å²) in [4.78, 5) is 11.7. The molecule has 0 spiro atoms. The Kier molecular flexibility index (Phi) is 3.69. The molecule has 19 heavy (non-hydrogen) atoms. The topological polar surface area (TPSA) is 55.0 Å². The van der Waals surface area contributed by atoms with Crippen LogP contribution in [0.4, 0.5) is 5.95 Å². The minimum atomic E-state index is 0.526. The fourth-order valence-electron chi connectivity index (χ4n) is 3.69. The molecule has 0 amide bonds. The molecule has 3 rings (SSSR count). The molecule has 2 aliphatic rings. The first-order valence-electron chi connectivity index (χ1n) is 7.59. The van der Waals surface area contributed by atoms with Crippen molar-refractivity contribution in [3.8, 4) is 0 Å². The predicted octanol–water partition coefficient (Wildman–Crippen LogP) is 2.40. The quantitative estimate of drug-likeness (QED) is 0.887. The third-order valence-corrected chi connectivity index (χ3v) is 4.79. The monoisotopic (exact) mass is 260 g/mol. The van der Waals surface area contributed by atoms with E-state index in [1.54, 1.807) is 0 Å². The molecule has 1 aromatic heterocycles. The molecule has 2 N–H and O–H groups in total. The zero-order valence-corrected chi connectivity index (χ0v) is 11.8. The fraction of sp³-hybridized carbons (Fsp3) is 0.733. The second-order valence-corrected chi connectivity index (χ2v) is 5.93. The maximum absolute atomic E-state index is 5.69. The lowest BCUT2D eigenvalue weighted by Crippen LogP contribution is -2.47. The van der Waals surface area contributed by atoms with Gasteiger partial charge < -0.3 is 10.6 Å². The molecule has 2 atom stereocenters. The number of nitrogens with zero attached hydrogens (tertiary/aromatic N) is 3. The van der Waals surface area contributed by atoms with Crippen molar-refractivity contribution in [2.45, 2.75) is 58.0 Å².